The fourth-order valence-corrected chi connectivity index (χ4v) is 6.10. The van der Waals surface area contributed by atoms with Crippen molar-refractivity contribution in [1.29, 1.82) is 0 Å². The molecule has 1 fully saturated rings. The Kier molecular flexibility index (Phi) is 6.28. The summed E-state index contributed by atoms with van der Waals surface area (Å²) in [5, 5.41) is 1.94. The van der Waals surface area contributed by atoms with Crippen LogP contribution in [0.15, 0.2) is 55.1 Å². The van der Waals surface area contributed by atoms with Crippen molar-refractivity contribution in [2.45, 2.75) is 19.9 Å². The van der Waals surface area contributed by atoms with E-state index in [1.807, 2.05) is 29.6 Å². The third-order valence-electron chi connectivity index (χ3n) is 6.03. The zero-order chi connectivity index (χ0) is 23.8. The van der Waals surface area contributed by atoms with Gasteiger partial charge in [0.05, 0.1) is 22.4 Å². The van der Waals surface area contributed by atoms with Gasteiger partial charge in [-0.15, -0.1) is 11.3 Å². The third kappa shape index (κ3) is 4.17. The van der Waals surface area contributed by atoms with Crippen LogP contribution in [0, 0.1) is 0 Å². The zero-order valence-electron chi connectivity index (χ0n) is 19.3. The molecule has 8 nitrogen and oxygen atoms in total. The van der Waals surface area contributed by atoms with Crippen molar-refractivity contribution in [3.05, 3.63) is 71.2 Å². The molecule has 0 saturated carbocycles. The highest BCUT2D eigenvalue weighted by atomic mass is 32.1. The monoisotopic (exact) mass is 498 g/mol. The lowest BCUT2D eigenvalue weighted by Crippen LogP contribution is -2.44. The number of carbonyl (C=O) groups is 1. The first-order chi connectivity index (χ1) is 16.5. The Bertz CT molecular complexity index is 1410. The average Bonchev–Trinajstić information content (AvgIpc) is 3.56. The van der Waals surface area contributed by atoms with Gasteiger partial charge in [0, 0.05) is 43.2 Å². The minimum absolute atomic E-state index is 0.200. The van der Waals surface area contributed by atoms with E-state index in [0.29, 0.717) is 26.4 Å². The van der Waals surface area contributed by atoms with Gasteiger partial charge >= 0.3 is 5.97 Å². The topological polar surface area (TPSA) is 80.3 Å². The van der Waals surface area contributed by atoms with Crippen LogP contribution in [-0.4, -0.2) is 55.3 Å². The van der Waals surface area contributed by atoms with Crippen LogP contribution in [0.5, 0.6) is 0 Å². The molecule has 0 amide bonds. The molecule has 3 aromatic rings. The smallest absolute Gasteiger partial charge is 0.338 e. The van der Waals surface area contributed by atoms with Gasteiger partial charge < -0.3 is 19.0 Å². The van der Waals surface area contributed by atoms with Crippen molar-refractivity contribution in [2.75, 3.05) is 44.7 Å². The van der Waals surface area contributed by atoms with E-state index in [-0.39, 0.29) is 12.2 Å². The van der Waals surface area contributed by atoms with Gasteiger partial charge in [0.2, 0.25) is 0 Å². The Morgan fingerprint density at radius 2 is 2.06 bits per heavy atom. The van der Waals surface area contributed by atoms with Gasteiger partial charge in [0.25, 0.3) is 5.56 Å². The van der Waals surface area contributed by atoms with Crippen molar-refractivity contribution in [2.24, 2.45) is 4.99 Å². The SMILES string of the molecule is CCOC(=O)C1=C(C)N=c2s/c(=C/c3ccc(N4CCN(C)CC4)o3)c(=O)n2C1c1cccs1. The zero-order valence-corrected chi connectivity index (χ0v) is 20.9. The third-order valence-corrected chi connectivity index (χ3v) is 7.94. The van der Waals surface area contributed by atoms with Crippen LogP contribution < -0.4 is 19.8 Å². The fourth-order valence-electron chi connectivity index (χ4n) is 4.25. The predicted octanol–water partition coefficient (Wildman–Crippen LogP) is 2.20. The maximum atomic E-state index is 13.6. The number of hydrogen-bond donors (Lipinski definition) is 0. The summed E-state index contributed by atoms with van der Waals surface area (Å²) in [6.07, 6.45) is 1.76. The second kappa shape index (κ2) is 9.36. The number of rotatable bonds is 5. The van der Waals surface area contributed by atoms with Crippen molar-refractivity contribution < 1.29 is 13.9 Å². The van der Waals surface area contributed by atoms with Crippen LogP contribution in [0.4, 0.5) is 5.88 Å². The summed E-state index contributed by atoms with van der Waals surface area (Å²) in [5.41, 5.74) is 0.771. The number of carbonyl (C=O) groups excluding carboxylic acids is 1. The molecule has 0 aromatic carbocycles. The lowest BCUT2D eigenvalue weighted by molar-refractivity contribution is -0.139. The van der Waals surface area contributed by atoms with Crippen LogP contribution in [0.3, 0.4) is 0 Å². The van der Waals surface area contributed by atoms with Gasteiger partial charge in [-0.25, -0.2) is 9.79 Å². The van der Waals surface area contributed by atoms with Crippen molar-refractivity contribution >= 4 is 40.6 Å². The van der Waals surface area contributed by atoms with Crippen molar-refractivity contribution in [3.63, 3.8) is 0 Å². The number of esters is 1. The standard InChI is InChI=1S/C24H26N4O4S2/c1-4-31-23(30)20-15(2)25-24-28(21(20)17-6-5-13-33-17)22(29)18(34-24)14-16-7-8-19(32-16)27-11-9-26(3)10-12-27/h5-8,13-14,21H,4,9-12H2,1-3H3/b18-14+. The Hall–Kier alpha value is -2.95. The first-order valence-corrected chi connectivity index (χ1v) is 12.9. The number of allylic oxidation sites excluding steroid dienone is 1. The van der Waals surface area contributed by atoms with E-state index >= 15 is 0 Å². The number of ether oxygens (including phenoxy) is 1. The number of aromatic nitrogens is 1. The molecule has 178 valence electrons. The molecule has 1 unspecified atom stereocenters. The molecule has 0 spiro atoms. The Morgan fingerprint density at radius 3 is 2.76 bits per heavy atom. The number of thiophene rings is 1. The normalized spacial score (nSPS) is 19.3. The molecule has 34 heavy (non-hydrogen) atoms. The van der Waals surface area contributed by atoms with Gasteiger partial charge in [-0.3, -0.25) is 9.36 Å². The molecule has 1 atom stereocenters. The van der Waals surface area contributed by atoms with E-state index < -0.39 is 12.0 Å². The van der Waals surface area contributed by atoms with E-state index in [1.54, 1.807) is 24.5 Å². The number of fused-ring (bicyclic) bond motifs is 1. The van der Waals surface area contributed by atoms with Gasteiger partial charge in [-0.2, -0.15) is 0 Å². The number of thiazole rings is 1. The molecule has 0 N–H and O–H groups in total. The molecule has 5 rings (SSSR count). The number of anilines is 1. The highest BCUT2D eigenvalue weighted by Crippen LogP contribution is 2.33. The molecule has 5 heterocycles. The number of piperazine rings is 1. The quantitative estimate of drug-likeness (QED) is 0.502. The van der Waals surface area contributed by atoms with Crippen molar-refractivity contribution in [3.8, 4) is 0 Å². The minimum Gasteiger partial charge on any atom is -0.463 e. The van der Waals surface area contributed by atoms with Gasteiger partial charge in [0.1, 0.15) is 11.8 Å². The van der Waals surface area contributed by atoms with Crippen LogP contribution in [0.2, 0.25) is 0 Å². The van der Waals surface area contributed by atoms with E-state index in [4.69, 9.17) is 9.15 Å². The molecule has 2 aliphatic rings. The first kappa shape index (κ1) is 22.8. The number of nitrogens with zero attached hydrogens (tertiary/aromatic N) is 4. The molecular formula is C24H26N4O4S2. The summed E-state index contributed by atoms with van der Waals surface area (Å²) in [6, 6.07) is 7.12. The second-order valence-corrected chi connectivity index (χ2v) is 10.3. The van der Waals surface area contributed by atoms with E-state index in [0.717, 1.165) is 36.9 Å². The highest BCUT2D eigenvalue weighted by Gasteiger charge is 2.33. The first-order valence-electron chi connectivity index (χ1n) is 11.2. The minimum atomic E-state index is -0.560. The Morgan fingerprint density at radius 1 is 1.26 bits per heavy atom. The number of hydrogen-bond acceptors (Lipinski definition) is 9. The van der Waals surface area contributed by atoms with Gasteiger partial charge in [-0.1, -0.05) is 17.4 Å². The van der Waals surface area contributed by atoms with Crippen LogP contribution in [0.25, 0.3) is 6.08 Å². The molecule has 0 radical (unpaired) electrons. The Labute approximate surface area is 204 Å². The lowest BCUT2D eigenvalue weighted by atomic mass is 10.0. The van der Waals surface area contributed by atoms with Gasteiger partial charge in [-0.05, 0) is 38.4 Å². The van der Waals surface area contributed by atoms with Gasteiger partial charge in [0.15, 0.2) is 10.7 Å². The Balaban J connectivity index is 1.55. The lowest BCUT2D eigenvalue weighted by Gasteiger charge is -2.32. The fraction of sp³-hybridized carbons (Fsp3) is 0.375. The number of likely N-dealkylation sites (N-methyl/N-ethyl adjacent to an activating group) is 1. The summed E-state index contributed by atoms with van der Waals surface area (Å²) >= 11 is 2.80. The van der Waals surface area contributed by atoms with Crippen LogP contribution in [-0.2, 0) is 9.53 Å². The molecule has 3 aromatic heterocycles. The maximum absolute atomic E-state index is 13.6. The molecule has 0 aliphatic carbocycles. The molecule has 10 heteroatoms. The van der Waals surface area contributed by atoms with E-state index in [1.165, 1.54) is 22.7 Å². The summed E-state index contributed by atoms with van der Waals surface area (Å²) in [5.74, 6) is 0.983. The van der Waals surface area contributed by atoms with E-state index in [2.05, 4.69) is 21.8 Å². The van der Waals surface area contributed by atoms with Crippen molar-refractivity contribution in [1.82, 2.24) is 9.47 Å². The van der Waals surface area contributed by atoms with E-state index in [9.17, 15) is 9.59 Å². The summed E-state index contributed by atoms with van der Waals surface area (Å²) in [6.45, 7) is 7.59. The largest absolute Gasteiger partial charge is 0.463 e. The second-order valence-electron chi connectivity index (χ2n) is 8.28. The molecular weight excluding hydrogens is 472 g/mol. The number of furan rings is 1. The highest BCUT2D eigenvalue weighted by molar-refractivity contribution is 7.10. The van der Waals surface area contributed by atoms with Crippen LogP contribution in [0.1, 0.15) is 30.5 Å². The molecule has 0 bridgehead atoms. The predicted molar refractivity (Wildman–Crippen MR) is 133 cm³/mol. The molecule has 2 aliphatic heterocycles. The molecule has 1 saturated heterocycles. The summed E-state index contributed by atoms with van der Waals surface area (Å²) < 4.78 is 13.5. The maximum Gasteiger partial charge on any atom is 0.338 e. The average molecular weight is 499 g/mol. The summed E-state index contributed by atoms with van der Waals surface area (Å²) in [4.78, 5) is 36.9. The summed E-state index contributed by atoms with van der Waals surface area (Å²) in [7, 11) is 2.11. The van der Waals surface area contributed by atoms with Crippen LogP contribution >= 0.6 is 22.7 Å².